The first-order chi connectivity index (χ1) is 16.5. The molecule has 2 heterocycles. The molecule has 0 aliphatic carbocycles. The third-order valence-corrected chi connectivity index (χ3v) is 6.71. The van der Waals surface area contributed by atoms with Gasteiger partial charge in [0.2, 0.25) is 0 Å². The van der Waals surface area contributed by atoms with E-state index in [2.05, 4.69) is 10.3 Å². The first-order valence-electron chi connectivity index (χ1n) is 10.7. The Morgan fingerprint density at radius 1 is 0.943 bits per heavy atom. The molecule has 1 aliphatic heterocycles. The number of thioether (sulfide) groups is 1. The number of amides is 1. The number of carboxylic acids is 2. The molecule has 0 atom stereocenters. The van der Waals surface area contributed by atoms with Gasteiger partial charge in [-0.05, 0) is 98.6 Å². The summed E-state index contributed by atoms with van der Waals surface area (Å²) in [5.74, 6) is -2.69. The molecular formula is C26H23N3O5S. The van der Waals surface area contributed by atoms with Gasteiger partial charge in [0.25, 0.3) is 5.91 Å². The Morgan fingerprint density at radius 3 is 2.20 bits per heavy atom. The van der Waals surface area contributed by atoms with Crippen molar-refractivity contribution in [3.05, 3.63) is 86.6 Å². The Morgan fingerprint density at radius 2 is 1.60 bits per heavy atom. The summed E-state index contributed by atoms with van der Waals surface area (Å²) in [4.78, 5) is 40.7. The highest BCUT2D eigenvalue weighted by atomic mass is 32.2. The van der Waals surface area contributed by atoms with Crippen LogP contribution in [0.5, 0.6) is 0 Å². The van der Waals surface area contributed by atoms with Crippen molar-refractivity contribution in [3.8, 4) is 5.69 Å². The van der Waals surface area contributed by atoms with Crippen molar-refractivity contribution in [1.29, 1.82) is 0 Å². The summed E-state index contributed by atoms with van der Waals surface area (Å²) in [5.41, 5.74) is 5.47. The molecule has 1 fully saturated rings. The molecule has 0 radical (unpaired) electrons. The topological polar surface area (TPSA) is 121 Å². The van der Waals surface area contributed by atoms with Crippen molar-refractivity contribution in [2.45, 2.75) is 27.7 Å². The second-order valence-electron chi connectivity index (χ2n) is 8.29. The number of nitrogens with zero attached hydrogens (tertiary/aromatic N) is 2. The second-order valence-corrected chi connectivity index (χ2v) is 9.32. The number of aryl methyl sites for hydroxylation is 3. The van der Waals surface area contributed by atoms with E-state index >= 15 is 0 Å². The van der Waals surface area contributed by atoms with Gasteiger partial charge in [-0.2, -0.15) is 0 Å². The van der Waals surface area contributed by atoms with Gasteiger partial charge in [-0.25, -0.2) is 14.6 Å². The van der Waals surface area contributed by atoms with Gasteiger partial charge >= 0.3 is 11.9 Å². The number of nitrogens with one attached hydrogen (secondary N) is 1. The van der Waals surface area contributed by atoms with Gasteiger partial charge in [0, 0.05) is 17.1 Å². The van der Waals surface area contributed by atoms with Crippen molar-refractivity contribution in [2.75, 3.05) is 0 Å². The number of aliphatic imine (C=N–C) groups is 1. The quantitative estimate of drug-likeness (QED) is 0.434. The predicted octanol–water partition coefficient (Wildman–Crippen LogP) is 5.00. The lowest BCUT2D eigenvalue weighted by atomic mass is 10.1. The Balaban J connectivity index is 1.69. The second kappa shape index (κ2) is 9.27. The number of carbonyl (C=O) groups is 3. The average Bonchev–Trinajstić information content (AvgIpc) is 3.27. The summed E-state index contributed by atoms with van der Waals surface area (Å²) in [6.45, 7) is 7.69. The normalized spacial score (nSPS) is 15.6. The molecular weight excluding hydrogens is 466 g/mol. The lowest BCUT2D eigenvalue weighted by Gasteiger charge is -2.12. The van der Waals surface area contributed by atoms with Crippen molar-refractivity contribution in [3.63, 3.8) is 0 Å². The molecule has 4 rings (SSSR count). The van der Waals surface area contributed by atoms with Crippen LogP contribution in [0.25, 0.3) is 11.8 Å². The fourth-order valence-electron chi connectivity index (χ4n) is 3.85. The predicted molar refractivity (Wildman–Crippen MR) is 136 cm³/mol. The van der Waals surface area contributed by atoms with Crippen LogP contribution in [0.1, 0.15) is 48.8 Å². The summed E-state index contributed by atoms with van der Waals surface area (Å²) < 4.78 is 1.77. The number of hydrogen-bond donors (Lipinski definition) is 3. The van der Waals surface area contributed by atoms with Crippen LogP contribution in [0.3, 0.4) is 0 Å². The van der Waals surface area contributed by atoms with Crippen LogP contribution in [-0.2, 0) is 4.79 Å². The molecule has 0 saturated carbocycles. The van der Waals surface area contributed by atoms with Gasteiger partial charge in [-0.15, -0.1) is 0 Å². The van der Waals surface area contributed by atoms with Crippen LogP contribution in [0.15, 0.2) is 52.4 Å². The molecule has 9 heteroatoms. The van der Waals surface area contributed by atoms with Crippen LogP contribution in [0.4, 0.5) is 5.69 Å². The Labute approximate surface area is 206 Å². The van der Waals surface area contributed by atoms with E-state index in [1.807, 2.05) is 52.0 Å². The minimum Gasteiger partial charge on any atom is -0.478 e. The molecule has 3 aromatic rings. The highest BCUT2D eigenvalue weighted by molar-refractivity contribution is 8.18. The monoisotopic (exact) mass is 489 g/mol. The number of aromatic carboxylic acids is 2. The standard InChI is InChI=1S/C26H23N3O5S/c1-13-5-6-20(7-14(13)2)27-26-28-23(30)22(35-26)12-17-8-15(3)29(16(17)4)21-10-18(24(31)32)9-19(11-21)25(33)34/h5-12H,1-4H3,(H,31,32)(H,33,34)(H,27,28,30)/b22-12-. The summed E-state index contributed by atoms with van der Waals surface area (Å²) in [6.07, 6.45) is 1.75. The van der Waals surface area contributed by atoms with Crippen LogP contribution >= 0.6 is 11.8 Å². The number of aromatic nitrogens is 1. The average molecular weight is 490 g/mol. The number of hydrogen-bond acceptors (Lipinski definition) is 5. The highest BCUT2D eigenvalue weighted by Gasteiger charge is 2.25. The lowest BCUT2D eigenvalue weighted by molar-refractivity contribution is -0.115. The summed E-state index contributed by atoms with van der Waals surface area (Å²) in [6, 6.07) is 11.7. The van der Waals surface area contributed by atoms with E-state index in [1.165, 1.54) is 23.9 Å². The van der Waals surface area contributed by atoms with E-state index in [9.17, 15) is 24.6 Å². The maximum Gasteiger partial charge on any atom is 0.335 e. The molecule has 0 unspecified atom stereocenters. The molecule has 35 heavy (non-hydrogen) atoms. The highest BCUT2D eigenvalue weighted by Crippen LogP contribution is 2.31. The van der Waals surface area contributed by atoms with Gasteiger partial charge in [0.1, 0.15) is 0 Å². The van der Waals surface area contributed by atoms with E-state index in [-0.39, 0.29) is 17.0 Å². The summed E-state index contributed by atoms with van der Waals surface area (Å²) in [5, 5.41) is 22.1. The SMILES string of the molecule is Cc1ccc(N=C2NC(=O)/C(=C/c3cc(C)n(-c4cc(C(=O)O)cc(C(=O)O)c4)c3C)S2)cc1C. The largest absolute Gasteiger partial charge is 0.478 e. The zero-order chi connectivity index (χ0) is 25.4. The zero-order valence-electron chi connectivity index (χ0n) is 19.5. The van der Waals surface area contributed by atoms with Gasteiger partial charge in [-0.1, -0.05) is 6.07 Å². The first-order valence-corrected chi connectivity index (χ1v) is 11.5. The fraction of sp³-hybridized carbons (Fsp3) is 0.154. The van der Waals surface area contributed by atoms with Crippen LogP contribution in [0.2, 0.25) is 0 Å². The molecule has 1 aliphatic rings. The van der Waals surface area contributed by atoms with Gasteiger partial charge in [0.15, 0.2) is 5.17 Å². The maximum atomic E-state index is 12.6. The maximum absolute atomic E-state index is 12.6. The third kappa shape index (κ3) is 4.90. The number of carbonyl (C=O) groups excluding carboxylic acids is 1. The van der Waals surface area contributed by atoms with Crippen LogP contribution < -0.4 is 5.32 Å². The molecule has 0 bridgehead atoms. The van der Waals surface area contributed by atoms with Gasteiger partial charge in [0.05, 0.1) is 21.7 Å². The molecule has 1 aromatic heterocycles. The Hall–Kier alpha value is -4.11. The molecule has 0 spiro atoms. The number of benzene rings is 2. The Bertz CT molecular complexity index is 1430. The molecule has 2 aromatic carbocycles. The molecule has 3 N–H and O–H groups in total. The van der Waals surface area contributed by atoms with Crippen molar-refractivity contribution >= 4 is 46.5 Å². The van der Waals surface area contributed by atoms with Crippen LogP contribution in [0, 0.1) is 27.7 Å². The van der Waals surface area contributed by atoms with Crippen molar-refractivity contribution in [2.24, 2.45) is 4.99 Å². The summed E-state index contributed by atoms with van der Waals surface area (Å²) >= 11 is 1.24. The Kier molecular flexibility index (Phi) is 6.36. The van der Waals surface area contributed by atoms with E-state index < -0.39 is 11.9 Å². The van der Waals surface area contributed by atoms with Crippen molar-refractivity contribution in [1.82, 2.24) is 9.88 Å². The number of rotatable bonds is 5. The lowest BCUT2D eigenvalue weighted by Crippen LogP contribution is -2.19. The van der Waals surface area contributed by atoms with E-state index in [4.69, 9.17) is 0 Å². The molecule has 1 saturated heterocycles. The molecule has 8 nitrogen and oxygen atoms in total. The van der Waals surface area contributed by atoms with Gasteiger partial charge < -0.3 is 20.1 Å². The number of carboxylic acid groups (broad SMARTS) is 2. The smallest absolute Gasteiger partial charge is 0.335 e. The summed E-state index contributed by atoms with van der Waals surface area (Å²) in [7, 11) is 0. The minimum atomic E-state index is -1.21. The van der Waals surface area contributed by atoms with E-state index in [0.29, 0.717) is 15.8 Å². The van der Waals surface area contributed by atoms with E-state index in [0.717, 1.165) is 39.8 Å². The third-order valence-electron chi connectivity index (χ3n) is 5.80. The number of amidine groups is 1. The van der Waals surface area contributed by atoms with Crippen molar-refractivity contribution < 1.29 is 24.6 Å². The molecule has 1 amide bonds. The molecule has 178 valence electrons. The van der Waals surface area contributed by atoms with E-state index in [1.54, 1.807) is 10.6 Å². The first kappa shape index (κ1) is 24.0. The van der Waals surface area contributed by atoms with Gasteiger partial charge in [-0.3, -0.25) is 4.79 Å². The zero-order valence-corrected chi connectivity index (χ0v) is 20.4. The van der Waals surface area contributed by atoms with Crippen LogP contribution in [-0.4, -0.2) is 37.8 Å². The minimum absolute atomic E-state index is 0.120. The fourth-order valence-corrected chi connectivity index (χ4v) is 4.69.